The SMILES string of the molecule is Br.Br.N=c1ccn(CCCCn2ccc(=N)cc2)cc1. The highest BCUT2D eigenvalue weighted by molar-refractivity contribution is 8.93. The molecule has 20 heavy (non-hydrogen) atoms. The topological polar surface area (TPSA) is 57.6 Å². The molecule has 0 unspecified atom stereocenters. The fourth-order valence-corrected chi connectivity index (χ4v) is 1.80. The summed E-state index contributed by atoms with van der Waals surface area (Å²) in [5.74, 6) is 0. The van der Waals surface area contributed by atoms with Crippen LogP contribution in [0.4, 0.5) is 0 Å². The Labute approximate surface area is 139 Å². The number of unbranched alkanes of at least 4 members (excludes halogenated alkanes) is 1. The van der Waals surface area contributed by atoms with Gasteiger partial charge >= 0.3 is 0 Å². The Morgan fingerprint density at radius 1 is 0.650 bits per heavy atom. The molecule has 0 aromatic carbocycles. The molecular formula is C14H20Br2N4. The molecule has 110 valence electrons. The van der Waals surface area contributed by atoms with Crippen molar-refractivity contribution in [3.8, 4) is 0 Å². The number of halogens is 2. The summed E-state index contributed by atoms with van der Waals surface area (Å²) in [4.78, 5) is 0. The lowest BCUT2D eigenvalue weighted by atomic mass is 10.3. The number of pyridine rings is 2. The zero-order valence-corrected chi connectivity index (χ0v) is 14.6. The minimum absolute atomic E-state index is 0. The molecule has 0 spiro atoms. The van der Waals surface area contributed by atoms with Crippen LogP contribution in [0.2, 0.25) is 0 Å². The summed E-state index contributed by atoms with van der Waals surface area (Å²) in [5, 5.41) is 15.9. The van der Waals surface area contributed by atoms with E-state index in [4.69, 9.17) is 10.8 Å². The van der Waals surface area contributed by atoms with Crippen LogP contribution in [0.5, 0.6) is 0 Å². The summed E-state index contributed by atoms with van der Waals surface area (Å²) in [6.07, 6.45) is 10.0. The molecule has 0 radical (unpaired) electrons. The fraction of sp³-hybridized carbons (Fsp3) is 0.286. The number of aryl methyl sites for hydroxylation is 2. The maximum absolute atomic E-state index is 7.40. The summed E-state index contributed by atoms with van der Waals surface area (Å²) in [6, 6.07) is 7.23. The molecule has 0 aliphatic rings. The number of aromatic nitrogens is 2. The summed E-state index contributed by atoms with van der Waals surface area (Å²) >= 11 is 0. The minimum Gasteiger partial charge on any atom is -0.354 e. The summed E-state index contributed by atoms with van der Waals surface area (Å²) < 4.78 is 4.21. The van der Waals surface area contributed by atoms with E-state index in [2.05, 4.69) is 9.13 Å². The van der Waals surface area contributed by atoms with Crippen LogP contribution in [0.3, 0.4) is 0 Å². The van der Waals surface area contributed by atoms with Crippen LogP contribution in [0.15, 0.2) is 49.1 Å². The molecule has 0 saturated heterocycles. The first-order valence-electron chi connectivity index (χ1n) is 6.15. The maximum Gasteiger partial charge on any atom is 0.0568 e. The lowest BCUT2D eigenvalue weighted by molar-refractivity contribution is 0.549. The third kappa shape index (κ3) is 6.34. The van der Waals surface area contributed by atoms with E-state index in [1.807, 2.05) is 49.1 Å². The van der Waals surface area contributed by atoms with Gasteiger partial charge in [-0.1, -0.05) is 0 Å². The summed E-state index contributed by atoms with van der Waals surface area (Å²) in [7, 11) is 0. The van der Waals surface area contributed by atoms with E-state index < -0.39 is 0 Å². The Morgan fingerprint density at radius 3 is 1.25 bits per heavy atom. The van der Waals surface area contributed by atoms with Crippen LogP contribution in [0, 0.1) is 10.8 Å². The molecule has 2 rings (SSSR count). The third-order valence-corrected chi connectivity index (χ3v) is 2.86. The van der Waals surface area contributed by atoms with Gasteiger partial charge in [0.05, 0.1) is 10.7 Å². The van der Waals surface area contributed by atoms with Crippen LogP contribution in [-0.2, 0) is 13.1 Å². The Hall–Kier alpha value is -1.14. The van der Waals surface area contributed by atoms with Gasteiger partial charge in [0.2, 0.25) is 0 Å². The number of rotatable bonds is 5. The Kier molecular flexibility index (Phi) is 9.16. The molecule has 2 aromatic heterocycles. The van der Waals surface area contributed by atoms with Crippen LogP contribution in [0.1, 0.15) is 12.8 Å². The number of hydrogen-bond donors (Lipinski definition) is 2. The number of nitrogens with one attached hydrogen (secondary N) is 2. The van der Waals surface area contributed by atoms with Gasteiger partial charge in [-0.15, -0.1) is 34.0 Å². The fourth-order valence-electron chi connectivity index (χ4n) is 1.80. The molecule has 6 heteroatoms. The van der Waals surface area contributed by atoms with Crippen LogP contribution < -0.4 is 10.7 Å². The van der Waals surface area contributed by atoms with Gasteiger partial charge in [0.25, 0.3) is 0 Å². The van der Waals surface area contributed by atoms with Crippen molar-refractivity contribution < 1.29 is 0 Å². The average Bonchev–Trinajstić information content (AvgIpc) is 2.39. The van der Waals surface area contributed by atoms with Crippen LogP contribution >= 0.6 is 34.0 Å². The van der Waals surface area contributed by atoms with Gasteiger partial charge in [-0.3, -0.25) is 0 Å². The van der Waals surface area contributed by atoms with Crippen molar-refractivity contribution in [2.45, 2.75) is 25.9 Å². The van der Waals surface area contributed by atoms with Gasteiger partial charge in [0.1, 0.15) is 0 Å². The Bertz CT molecular complexity index is 523. The number of hydrogen-bond acceptors (Lipinski definition) is 2. The molecule has 2 heterocycles. The largest absolute Gasteiger partial charge is 0.354 e. The van der Waals surface area contributed by atoms with Crippen LogP contribution in [-0.4, -0.2) is 9.13 Å². The molecule has 0 saturated carbocycles. The van der Waals surface area contributed by atoms with E-state index in [0.29, 0.717) is 10.7 Å². The maximum atomic E-state index is 7.40. The van der Waals surface area contributed by atoms with Crippen molar-refractivity contribution >= 4 is 34.0 Å². The highest BCUT2D eigenvalue weighted by Crippen LogP contribution is 1.97. The quantitative estimate of drug-likeness (QED) is 0.721. The molecule has 0 aliphatic carbocycles. The van der Waals surface area contributed by atoms with Crippen molar-refractivity contribution in [3.63, 3.8) is 0 Å². The monoisotopic (exact) mass is 402 g/mol. The molecule has 0 amide bonds. The Morgan fingerprint density at radius 2 is 0.950 bits per heavy atom. The van der Waals surface area contributed by atoms with Crippen molar-refractivity contribution in [1.82, 2.24) is 9.13 Å². The standard InChI is InChI=1S/C14H18N4.2BrH/c15-13-3-9-17(10-4-13)7-1-2-8-18-11-5-14(16)6-12-18;;/h3-6,9-12,15-16H,1-2,7-8H2;2*1H. The molecule has 0 aliphatic heterocycles. The molecule has 2 aromatic rings. The highest BCUT2D eigenvalue weighted by atomic mass is 79.9. The molecule has 0 atom stereocenters. The van der Waals surface area contributed by atoms with Gasteiger partial charge in [0.15, 0.2) is 0 Å². The number of nitrogens with zero attached hydrogens (tertiary/aromatic N) is 2. The predicted molar refractivity (Wildman–Crippen MR) is 90.5 cm³/mol. The zero-order valence-electron chi connectivity index (χ0n) is 11.2. The average molecular weight is 404 g/mol. The molecular weight excluding hydrogens is 384 g/mol. The zero-order chi connectivity index (χ0) is 12.8. The lowest BCUT2D eigenvalue weighted by Gasteiger charge is -2.07. The van der Waals surface area contributed by atoms with Gasteiger partial charge < -0.3 is 20.0 Å². The second-order valence-electron chi connectivity index (χ2n) is 4.36. The van der Waals surface area contributed by atoms with Gasteiger partial charge in [-0.2, -0.15) is 0 Å². The molecule has 0 bridgehead atoms. The van der Waals surface area contributed by atoms with Crippen molar-refractivity contribution in [3.05, 3.63) is 59.8 Å². The van der Waals surface area contributed by atoms with Crippen LogP contribution in [0.25, 0.3) is 0 Å². The van der Waals surface area contributed by atoms with E-state index in [0.717, 1.165) is 25.9 Å². The summed E-state index contributed by atoms with van der Waals surface area (Å²) in [6.45, 7) is 1.97. The second kappa shape index (κ2) is 9.72. The first kappa shape index (κ1) is 18.9. The minimum atomic E-state index is 0. The predicted octanol–water partition coefficient (Wildman–Crippen LogP) is 2.88. The van der Waals surface area contributed by atoms with Crippen molar-refractivity contribution in [1.29, 1.82) is 10.8 Å². The first-order chi connectivity index (χ1) is 8.74. The molecule has 2 N–H and O–H groups in total. The lowest BCUT2D eigenvalue weighted by Crippen LogP contribution is -2.06. The van der Waals surface area contributed by atoms with Crippen molar-refractivity contribution in [2.24, 2.45) is 0 Å². The van der Waals surface area contributed by atoms with Gasteiger partial charge in [-0.05, 0) is 37.1 Å². The van der Waals surface area contributed by atoms with E-state index in [9.17, 15) is 0 Å². The molecule has 0 fully saturated rings. The highest BCUT2D eigenvalue weighted by Gasteiger charge is 1.92. The van der Waals surface area contributed by atoms with Crippen molar-refractivity contribution in [2.75, 3.05) is 0 Å². The van der Waals surface area contributed by atoms with E-state index in [1.54, 1.807) is 0 Å². The smallest absolute Gasteiger partial charge is 0.0568 e. The third-order valence-electron chi connectivity index (χ3n) is 2.86. The van der Waals surface area contributed by atoms with E-state index >= 15 is 0 Å². The normalized spacial score (nSPS) is 9.40. The van der Waals surface area contributed by atoms with E-state index in [-0.39, 0.29) is 34.0 Å². The Balaban J connectivity index is 0.00000180. The first-order valence-corrected chi connectivity index (χ1v) is 6.15. The molecule has 4 nitrogen and oxygen atoms in total. The second-order valence-corrected chi connectivity index (χ2v) is 4.36. The van der Waals surface area contributed by atoms with Gasteiger partial charge in [0, 0.05) is 37.9 Å². The van der Waals surface area contributed by atoms with E-state index in [1.165, 1.54) is 0 Å². The summed E-state index contributed by atoms with van der Waals surface area (Å²) in [5.41, 5.74) is 0. The van der Waals surface area contributed by atoms with Gasteiger partial charge in [-0.25, -0.2) is 0 Å².